The van der Waals surface area contributed by atoms with E-state index in [0.29, 0.717) is 42.3 Å². The Kier molecular flexibility index (Phi) is 4.37. The van der Waals surface area contributed by atoms with Gasteiger partial charge in [-0.1, -0.05) is 0 Å². The Hall–Kier alpha value is -1.91. The fourth-order valence-corrected chi connectivity index (χ4v) is 4.13. The number of phenols is 1. The van der Waals surface area contributed by atoms with Gasteiger partial charge in [-0.3, -0.25) is 9.69 Å². The van der Waals surface area contributed by atoms with E-state index >= 15 is 0 Å². The number of carbonyl (C=O) groups excluding carboxylic acids is 1. The molecule has 0 radical (unpaired) electrons. The Morgan fingerprint density at radius 2 is 1.96 bits per heavy atom. The first-order valence-electron chi connectivity index (χ1n) is 7.51. The van der Waals surface area contributed by atoms with Gasteiger partial charge in [-0.2, -0.15) is 8.42 Å². The highest BCUT2D eigenvalue weighted by Gasteiger charge is 2.37. The zero-order valence-corrected chi connectivity index (χ0v) is 13.6. The van der Waals surface area contributed by atoms with Gasteiger partial charge in [0.05, 0.1) is 6.10 Å². The zero-order valence-electron chi connectivity index (χ0n) is 12.8. The van der Waals surface area contributed by atoms with E-state index in [9.17, 15) is 27.8 Å². The largest absolute Gasteiger partial charge is 0.506 e. The van der Waals surface area contributed by atoms with E-state index in [1.165, 1.54) is 6.07 Å². The number of amides is 1. The Morgan fingerprint density at radius 1 is 1.29 bits per heavy atom. The minimum atomic E-state index is -4.18. The highest BCUT2D eigenvalue weighted by Crippen LogP contribution is 2.35. The van der Waals surface area contributed by atoms with Crippen LogP contribution in [0.25, 0.3) is 0 Å². The van der Waals surface area contributed by atoms with Gasteiger partial charge >= 0.3 is 10.2 Å². The van der Waals surface area contributed by atoms with Crippen LogP contribution >= 0.6 is 0 Å². The van der Waals surface area contributed by atoms with Gasteiger partial charge in [-0.05, 0) is 30.5 Å². The summed E-state index contributed by atoms with van der Waals surface area (Å²) < 4.78 is 40.2. The van der Waals surface area contributed by atoms with Crippen LogP contribution in [0.1, 0.15) is 18.4 Å². The molecule has 1 amide bonds. The van der Waals surface area contributed by atoms with Gasteiger partial charge in [0.15, 0.2) is 5.82 Å². The second kappa shape index (κ2) is 6.19. The second-order valence-electron chi connectivity index (χ2n) is 5.99. The number of benzene rings is 1. The number of hydrogen-bond donors (Lipinski definition) is 3. The molecule has 10 heteroatoms. The molecule has 0 unspecified atom stereocenters. The number of aliphatic hydroxyl groups is 1. The summed E-state index contributed by atoms with van der Waals surface area (Å²) in [6.45, 7) is 1.12. The highest BCUT2D eigenvalue weighted by atomic mass is 32.2. The SMILES string of the molecule is O=C1CN(c2c(O)cc(CN3CCC(O)CC3)cc2F)S(=O)(=O)N1. The van der Waals surface area contributed by atoms with E-state index in [1.807, 2.05) is 4.90 Å². The third kappa shape index (κ3) is 3.30. The molecule has 0 saturated carbocycles. The molecular formula is C14H18FN3O5S. The maximum atomic E-state index is 14.4. The molecule has 24 heavy (non-hydrogen) atoms. The van der Waals surface area contributed by atoms with Crippen molar-refractivity contribution in [3.05, 3.63) is 23.5 Å². The molecule has 3 rings (SSSR count). The molecule has 0 spiro atoms. The van der Waals surface area contributed by atoms with Crippen molar-refractivity contribution in [2.75, 3.05) is 23.9 Å². The number of nitrogens with zero attached hydrogens (tertiary/aromatic N) is 2. The van der Waals surface area contributed by atoms with E-state index in [1.54, 1.807) is 4.72 Å². The molecule has 2 aliphatic rings. The van der Waals surface area contributed by atoms with Crippen LogP contribution < -0.4 is 9.03 Å². The first-order chi connectivity index (χ1) is 11.3. The number of halogens is 1. The number of aliphatic hydroxyl groups excluding tert-OH is 1. The quantitative estimate of drug-likeness (QED) is 0.682. The fourth-order valence-electron chi connectivity index (χ4n) is 2.96. The summed E-state index contributed by atoms with van der Waals surface area (Å²) in [7, 11) is -4.18. The summed E-state index contributed by atoms with van der Waals surface area (Å²) in [6, 6.07) is 2.44. The molecule has 2 heterocycles. The minimum Gasteiger partial charge on any atom is -0.506 e. The first kappa shape index (κ1) is 16.9. The average Bonchev–Trinajstić information content (AvgIpc) is 2.74. The van der Waals surface area contributed by atoms with E-state index in [2.05, 4.69) is 0 Å². The summed E-state index contributed by atoms with van der Waals surface area (Å²) in [5.41, 5.74) is -0.0489. The van der Waals surface area contributed by atoms with Crippen LogP contribution in [0.4, 0.5) is 10.1 Å². The van der Waals surface area contributed by atoms with E-state index in [4.69, 9.17) is 0 Å². The molecule has 0 bridgehead atoms. The normalized spacial score (nSPS) is 21.9. The molecule has 2 fully saturated rings. The molecule has 2 saturated heterocycles. The van der Waals surface area contributed by atoms with Crippen LogP contribution in [0.15, 0.2) is 12.1 Å². The fraction of sp³-hybridized carbons (Fsp3) is 0.500. The van der Waals surface area contributed by atoms with Gasteiger partial charge in [0, 0.05) is 19.6 Å². The molecule has 8 nitrogen and oxygen atoms in total. The number of nitrogens with one attached hydrogen (secondary N) is 1. The van der Waals surface area contributed by atoms with Gasteiger partial charge in [0.1, 0.15) is 18.0 Å². The summed E-state index contributed by atoms with van der Waals surface area (Å²) in [5.74, 6) is -2.24. The Morgan fingerprint density at radius 3 is 2.50 bits per heavy atom. The molecular weight excluding hydrogens is 341 g/mol. The van der Waals surface area contributed by atoms with Crippen molar-refractivity contribution in [3.63, 3.8) is 0 Å². The summed E-state index contributed by atoms with van der Waals surface area (Å²) in [4.78, 5) is 13.3. The number of phenolic OH excluding ortho intramolecular Hbond substituents is 1. The van der Waals surface area contributed by atoms with Crippen LogP contribution in [0.2, 0.25) is 0 Å². The lowest BCUT2D eigenvalue weighted by atomic mass is 10.1. The molecule has 2 aliphatic heterocycles. The molecule has 0 aromatic heterocycles. The predicted molar refractivity (Wildman–Crippen MR) is 83.0 cm³/mol. The maximum Gasteiger partial charge on any atom is 0.326 e. The lowest BCUT2D eigenvalue weighted by Gasteiger charge is -2.29. The van der Waals surface area contributed by atoms with Crippen molar-refractivity contribution in [3.8, 4) is 5.75 Å². The van der Waals surface area contributed by atoms with Crippen LogP contribution in [0, 0.1) is 5.82 Å². The van der Waals surface area contributed by atoms with Crippen LogP contribution in [0.5, 0.6) is 5.75 Å². The van der Waals surface area contributed by atoms with Crippen LogP contribution in [-0.4, -0.2) is 55.2 Å². The predicted octanol–water partition coefficient (Wildman–Crippen LogP) is -0.331. The summed E-state index contributed by atoms with van der Waals surface area (Å²) in [5, 5.41) is 19.6. The van der Waals surface area contributed by atoms with Crippen molar-refractivity contribution in [1.29, 1.82) is 0 Å². The molecule has 0 atom stereocenters. The standard InChI is InChI=1S/C14H18FN3O5S/c15-11-5-9(7-17-3-1-10(19)2-4-17)6-12(20)14(11)18-8-13(21)16-24(18,22)23/h5-6,10,19-20H,1-4,7-8H2,(H,16,21). The smallest absolute Gasteiger partial charge is 0.326 e. The van der Waals surface area contributed by atoms with Crippen molar-refractivity contribution in [2.45, 2.75) is 25.5 Å². The summed E-state index contributed by atoms with van der Waals surface area (Å²) in [6.07, 6.45) is 0.942. The van der Waals surface area contributed by atoms with E-state index in [-0.39, 0.29) is 6.10 Å². The third-order valence-corrected chi connectivity index (χ3v) is 5.51. The minimum absolute atomic E-state index is 0.320. The zero-order chi connectivity index (χ0) is 17.5. The topological polar surface area (TPSA) is 110 Å². The number of likely N-dealkylation sites (tertiary alicyclic amines) is 1. The lowest BCUT2D eigenvalue weighted by Crippen LogP contribution is -2.35. The Bertz CT molecular complexity index is 739. The molecule has 0 aliphatic carbocycles. The molecule has 132 valence electrons. The number of carbonyl (C=O) groups is 1. The van der Waals surface area contributed by atoms with Crippen molar-refractivity contribution >= 4 is 21.8 Å². The van der Waals surface area contributed by atoms with E-state index < -0.39 is 39.9 Å². The first-order valence-corrected chi connectivity index (χ1v) is 8.95. The van der Waals surface area contributed by atoms with Gasteiger partial charge in [-0.15, -0.1) is 0 Å². The second-order valence-corrected chi connectivity index (χ2v) is 7.58. The van der Waals surface area contributed by atoms with Gasteiger partial charge in [-0.25, -0.2) is 13.4 Å². The number of aromatic hydroxyl groups is 1. The van der Waals surface area contributed by atoms with E-state index in [0.717, 1.165) is 6.07 Å². The van der Waals surface area contributed by atoms with Crippen molar-refractivity contribution in [2.24, 2.45) is 0 Å². The van der Waals surface area contributed by atoms with Crippen molar-refractivity contribution < 1.29 is 27.8 Å². The van der Waals surface area contributed by atoms with Gasteiger partial charge < -0.3 is 10.2 Å². The van der Waals surface area contributed by atoms with Crippen LogP contribution in [-0.2, 0) is 21.5 Å². The molecule has 3 N–H and O–H groups in total. The molecule has 1 aromatic carbocycles. The van der Waals surface area contributed by atoms with Crippen molar-refractivity contribution in [1.82, 2.24) is 9.62 Å². The Labute approximate surface area is 138 Å². The monoisotopic (exact) mass is 359 g/mol. The molecule has 1 aromatic rings. The van der Waals surface area contributed by atoms with Crippen LogP contribution in [0.3, 0.4) is 0 Å². The number of hydrogen-bond acceptors (Lipinski definition) is 6. The number of piperidine rings is 1. The Balaban J connectivity index is 1.83. The average molecular weight is 359 g/mol. The third-order valence-electron chi connectivity index (χ3n) is 4.14. The van der Waals surface area contributed by atoms with Gasteiger partial charge in [0.25, 0.3) is 5.91 Å². The van der Waals surface area contributed by atoms with Gasteiger partial charge in [0.2, 0.25) is 0 Å². The highest BCUT2D eigenvalue weighted by molar-refractivity contribution is 7.92. The maximum absolute atomic E-state index is 14.4. The summed E-state index contributed by atoms with van der Waals surface area (Å²) >= 11 is 0. The number of anilines is 1. The number of rotatable bonds is 3. The lowest BCUT2D eigenvalue weighted by molar-refractivity contribution is -0.117.